The number of Topliss-reactive ketones (excluding diaryl/α,β-unsaturated/α-hetero) is 1. The van der Waals surface area contributed by atoms with Crippen LogP contribution in [0.3, 0.4) is 0 Å². The highest BCUT2D eigenvalue weighted by Gasteiger charge is 2.31. The van der Waals surface area contributed by atoms with Gasteiger partial charge in [-0.1, -0.05) is 31.2 Å². The van der Waals surface area contributed by atoms with Crippen LogP contribution in [0.4, 0.5) is 4.79 Å². The highest BCUT2D eigenvalue weighted by Crippen LogP contribution is 2.32. The Morgan fingerprint density at radius 3 is 2.42 bits per heavy atom. The number of piperidine rings is 1. The van der Waals surface area contributed by atoms with Crippen LogP contribution >= 0.6 is 0 Å². The molecule has 4 nitrogen and oxygen atoms in total. The molecule has 0 N–H and O–H groups in total. The molecule has 2 rings (SSSR count). The van der Waals surface area contributed by atoms with E-state index in [2.05, 4.69) is 0 Å². The number of hydrogen-bond donors (Lipinski definition) is 0. The number of benzene rings is 1. The number of ketones is 1. The van der Waals surface area contributed by atoms with Crippen LogP contribution in [0.25, 0.3) is 0 Å². The van der Waals surface area contributed by atoms with Crippen LogP contribution < -0.4 is 0 Å². The Morgan fingerprint density at radius 2 is 1.83 bits per heavy atom. The van der Waals surface area contributed by atoms with Crippen LogP contribution in [0.15, 0.2) is 24.3 Å². The second kappa shape index (κ2) is 7.82. The lowest BCUT2D eigenvalue weighted by Gasteiger charge is -2.37. The number of carbonyl (C=O) groups is 2. The maximum atomic E-state index is 12.5. The molecule has 1 aromatic carbocycles. The summed E-state index contributed by atoms with van der Waals surface area (Å²) in [6, 6.07) is 7.76. The summed E-state index contributed by atoms with van der Waals surface area (Å²) in [5.74, 6) is 0.177. The standard InChI is InChI=1S/C20H29NO3/c1-5-8-18(22)16-12-10-15(11-13-16)17-9-6-7-14-21(17)19(23)24-20(2,3)4/h10-13,17H,5-9,14H2,1-4H3. The van der Waals surface area contributed by atoms with E-state index in [0.29, 0.717) is 6.42 Å². The molecule has 1 aromatic rings. The van der Waals surface area contributed by atoms with Gasteiger partial charge in [-0.2, -0.15) is 0 Å². The number of likely N-dealkylation sites (tertiary alicyclic amines) is 1. The monoisotopic (exact) mass is 331 g/mol. The molecule has 1 atom stereocenters. The van der Waals surface area contributed by atoms with E-state index < -0.39 is 5.60 Å². The minimum absolute atomic E-state index is 0.0314. The van der Waals surface area contributed by atoms with Gasteiger partial charge in [0.15, 0.2) is 5.78 Å². The van der Waals surface area contributed by atoms with Gasteiger partial charge in [0.25, 0.3) is 0 Å². The minimum atomic E-state index is -0.491. The Morgan fingerprint density at radius 1 is 1.17 bits per heavy atom. The van der Waals surface area contributed by atoms with E-state index >= 15 is 0 Å². The molecule has 132 valence electrons. The molecule has 4 heteroatoms. The molecule has 24 heavy (non-hydrogen) atoms. The average Bonchev–Trinajstić information content (AvgIpc) is 2.53. The summed E-state index contributed by atoms with van der Waals surface area (Å²) in [5.41, 5.74) is 1.34. The molecule has 1 heterocycles. The molecule has 1 aliphatic heterocycles. The van der Waals surface area contributed by atoms with E-state index in [1.165, 1.54) is 0 Å². The third-order valence-corrected chi connectivity index (χ3v) is 4.23. The van der Waals surface area contributed by atoms with E-state index in [0.717, 1.165) is 43.4 Å². The third kappa shape index (κ3) is 4.83. The number of hydrogen-bond acceptors (Lipinski definition) is 3. The van der Waals surface area contributed by atoms with Gasteiger partial charge in [-0.3, -0.25) is 4.79 Å². The highest BCUT2D eigenvalue weighted by molar-refractivity contribution is 5.96. The highest BCUT2D eigenvalue weighted by atomic mass is 16.6. The van der Waals surface area contributed by atoms with Crippen molar-refractivity contribution in [2.24, 2.45) is 0 Å². The molecule has 1 fully saturated rings. The predicted molar refractivity (Wildman–Crippen MR) is 95.2 cm³/mol. The summed E-state index contributed by atoms with van der Waals surface area (Å²) in [7, 11) is 0. The molecule has 0 bridgehead atoms. The largest absolute Gasteiger partial charge is 0.444 e. The molecule has 0 aliphatic carbocycles. The molecule has 1 unspecified atom stereocenters. The Labute approximate surface area is 145 Å². The summed E-state index contributed by atoms with van der Waals surface area (Å²) in [4.78, 5) is 26.3. The van der Waals surface area contributed by atoms with Crippen LogP contribution in [0.2, 0.25) is 0 Å². The average molecular weight is 331 g/mol. The van der Waals surface area contributed by atoms with Crippen molar-refractivity contribution in [3.63, 3.8) is 0 Å². The van der Waals surface area contributed by atoms with Crippen molar-refractivity contribution in [3.05, 3.63) is 35.4 Å². The number of amides is 1. The number of ether oxygens (including phenoxy) is 1. The summed E-state index contributed by atoms with van der Waals surface area (Å²) in [6.07, 6.45) is 4.21. The summed E-state index contributed by atoms with van der Waals surface area (Å²) < 4.78 is 5.56. The summed E-state index contributed by atoms with van der Waals surface area (Å²) in [5, 5.41) is 0. The topological polar surface area (TPSA) is 46.6 Å². The summed E-state index contributed by atoms with van der Waals surface area (Å²) >= 11 is 0. The van der Waals surface area contributed by atoms with E-state index in [9.17, 15) is 9.59 Å². The lowest BCUT2D eigenvalue weighted by molar-refractivity contribution is 0.00950. The van der Waals surface area contributed by atoms with Gasteiger partial charge in [-0.15, -0.1) is 0 Å². The molecular weight excluding hydrogens is 302 g/mol. The predicted octanol–water partition coefficient (Wildman–Crippen LogP) is 5.13. The second-order valence-electron chi connectivity index (χ2n) is 7.48. The minimum Gasteiger partial charge on any atom is -0.444 e. The van der Waals surface area contributed by atoms with Crippen LogP contribution in [-0.4, -0.2) is 28.9 Å². The van der Waals surface area contributed by atoms with E-state index in [-0.39, 0.29) is 17.9 Å². The summed E-state index contributed by atoms with van der Waals surface area (Å²) in [6.45, 7) is 8.39. The zero-order valence-corrected chi connectivity index (χ0v) is 15.3. The van der Waals surface area contributed by atoms with Crippen molar-refractivity contribution in [1.82, 2.24) is 4.90 Å². The SMILES string of the molecule is CCCC(=O)c1ccc(C2CCCCN2C(=O)OC(C)(C)C)cc1. The molecule has 0 aromatic heterocycles. The molecule has 1 aliphatic rings. The first-order valence-corrected chi connectivity index (χ1v) is 8.94. The van der Waals surface area contributed by atoms with Crippen molar-refractivity contribution >= 4 is 11.9 Å². The van der Waals surface area contributed by atoms with E-state index in [1.807, 2.05) is 56.9 Å². The van der Waals surface area contributed by atoms with Crippen molar-refractivity contribution in [3.8, 4) is 0 Å². The molecule has 1 amide bonds. The third-order valence-electron chi connectivity index (χ3n) is 4.23. The maximum absolute atomic E-state index is 12.5. The van der Waals surface area contributed by atoms with Crippen molar-refractivity contribution in [2.45, 2.75) is 71.4 Å². The lowest BCUT2D eigenvalue weighted by atomic mass is 9.94. The molecular formula is C20H29NO3. The molecule has 1 saturated heterocycles. The zero-order chi connectivity index (χ0) is 17.7. The van der Waals surface area contributed by atoms with Gasteiger partial charge < -0.3 is 9.64 Å². The first-order chi connectivity index (χ1) is 11.3. The normalized spacial score (nSPS) is 18.3. The maximum Gasteiger partial charge on any atom is 0.410 e. The van der Waals surface area contributed by atoms with Gasteiger partial charge in [-0.25, -0.2) is 4.79 Å². The fourth-order valence-electron chi connectivity index (χ4n) is 3.08. The zero-order valence-electron chi connectivity index (χ0n) is 15.3. The first-order valence-electron chi connectivity index (χ1n) is 8.94. The van der Waals surface area contributed by atoms with Gasteiger partial charge in [0.2, 0.25) is 0 Å². The van der Waals surface area contributed by atoms with E-state index in [1.54, 1.807) is 0 Å². The smallest absolute Gasteiger partial charge is 0.410 e. The lowest BCUT2D eigenvalue weighted by Crippen LogP contribution is -2.41. The number of carbonyl (C=O) groups excluding carboxylic acids is 2. The Kier molecular flexibility index (Phi) is 6.03. The van der Waals surface area contributed by atoms with Gasteiger partial charge in [0.1, 0.15) is 5.60 Å². The van der Waals surface area contributed by atoms with Gasteiger partial charge in [0, 0.05) is 18.5 Å². The van der Waals surface area contributed by atoms with Crippen LogP contribution in [0.1, 0.15) is 81.8 Å². The molecule has 0 spiro atoms. The van der Waals surface area contributed by atoms with Gasteiger partial charge in [-0.05, 0) is 52.0 Å². The Bertz CT molecular complexity index is 572. The van der Waals surface area contributed by atoms with Crippen molar-refractivity contribution < 1.29 is 14.3 Å². The van der Waals surface area contributed by atoms with Crippen molar-refractivity contribution in [2.75, 3.05) is 6.54 Å². The molecule has 0 saturated carbocycles. The fourth-order valence-corrected chi connectivity index (χ4v) is 3.08. The van der Waals surface area contributed by atoms with Gasteiger partial charge >= 0.3 is 6.09 Å². The van der Waals surface area contributed by atoms with Crippen LogP contribution in [0.5, 0.6) is 0 Å². The van der Waals surface area contributed by atoms with E-state index in [4.69, 9.17) is 4.74 Å². The van der Waals surface area contributed by atoms with Crippen LogP contribution in [0, 0.1) is 0 Å². The van der Waals surface area contributed by atoms with Gasteiger partial charge in [0.05, 0.1) is 6.04 Å². The Balaban J connectivity index is 2.15. The number of nitrogens with zero attached hydrogens (tertiary/aromatic N) is 1. The number of rotatable bonds is 4. The Hall–Kier alpha value is -1.84. The van der Waals surface area contributed by atoms with Crippen molar-refractivity contribution in [1.29, 1.82) is 0 Å². The van der Waals surface area contributed by atoms with Crippen LogP contribution in [-0.2, 0) is 4.74 Å². The first kappa shape index (κ1) is 18.5. The molecule has 0 radical (unpaired) electrons. The quantitative estimate of drug-likeness (QED) is 0.718. The second-order valence-corrected chi connectivity index (χ2v) is 7.48. The fraction of sp³-hybridized carbons (Fsp3) is 0.600.